The van der Waals surface area contributed by atoms with Crippen LogP contribution in [0.25, 0.3) is 0 Å². The molecule has 1 amide bonds. The Kier molecular flexibility index (Phi) is 7.34. The molecule has 1 aromatic carbocycles. The smallest absolute Gasteiger partial charge is 0.224 e. The van der Waals surface area contributed by atoms with Crippen LogP contribution in [0.5, 0.6) is 5.75 Å². The first-order chi connectivity index (χ1) is 7.67. The second-order valence-corrected chi connectivity index (χ2v) is 3.62. The molecule has 0 aliphatic heterocycles. The van der Waals surface area contributed by atoms with Gasteiger partial charge >= 0.3 is 0 Å². The molecule has 0 aliphatic rings. The highest BCUT2D eigenvalue weighted by molar-refractivity contribution is 5.85. The van der Waals surface area contributed by atoms with Crippen LogP contribution in [0.4, 0.5) is 0 Å². The van der Waals surface area contributed by atoms with Crippen LogP contribution in [0.1, 0.15) is 11.1 Å². The Morgan fingerprint density at radius 2 is 2.18 bits per heavy atom. The Labute approximate surface area is 108 Å². The van der Waals surface area contributed by atoms with Crippen molar-refractivity contribution in [3.63, 3.8) is 0 Å². The molecule has 96 valence electrons. The molecule has 1 rings (SSSR count). The molecule has 17 heavy (non-hydrogen) atoms. The zero-order chi connectivity index (χ0) is 12.0. The standard InChI is InChI=1S/C12H18N2O2.ClH/c1-9-3-4-10(7-11(9)16-2)8-12(15)14-6-5-13;/h3-4,7H,5-6,8,13H2,1-2H3,(H,14,15);1H. The van der Waals surface area contributed by atoms with Crippen LogP contribution in [0.2, 0.25) is 0 Å². The number of aryl methyl sites for hydroxylation is 1. The van der Waals surface area contributed by atoms with Crippen LogP contribution in [0, 0.1) is 6.92 Å². The Bertz CT molecular complexity index is 370. The van der Waals surface area contributed by atoms with Crippen molar-refractivity contribution in [1.29, 1.82) is 0 Å². The normalized spacial score (nSPS) is 9.35. The molecule has 0 saturated heterocycles. The topological polar surface area (TPSA) is 64.3 Å². The number of nitrogens with one attached hydrogen (secondary N) is 1. The highest BCUT2D eigenvalue weighted by Gasteiger charge is 2.05. The van der Waals surface area contributed by atoms with E-state index in [4.69, 9.17) is 10.5 Å². The number of nitrogens with two attached hydrogens (primary N) is 1. The quantitative estimate of drug-likeness (QED) is 0.830. The van der Waals surface area contributed by atoms with E-state index in [0.717, 1.165) is 16.9 Å². The van der Waals surface area contributed by atoms with Gasteiger partial charge in [0, 0.05) is 13.1 Å². The number of rotatable bonds is 5. The molecule has 0 atom stereocenters. The number of carbonyl (C=O) groups excluding carboxylic acids is 1. The Hall–Kier alpha value is -1.26. The number of methoxy groups -OCH3 is 1. The number of amides is 1. The minimum atomic E-state index is -0.0173. The number of carbonyl (C=O) groups is 1. The molecule has 0 bridgehead atoms. The average Bonchev–Trinajstić information content (AvgIpc) is 2.29. The number of benzene rings is 1. The lowest BCUT2D eigenvalue weighted by molar-refractivity contribution is -0.120. The van der Waals surface area contributed by atoms with E-state index < -0.39 is 0 Å². The summed E-state index contributed by atoms with van der Waals surface area (Å²) in [7, 11) is 1.63. The number of hydrogen-bond acceptors (Lipinski definition) is 3. The minimum Gasteiger partial charge on any atom is -0.496 e. The Morgan fingerprint density at radius 1 is 1.47 bits per heavy atom. The van der Waals surface area contributed by atoms with Gasteiger partial charge in [0.1, 0.15) is 5.75 Å². The van der Waals surface area contributed by atoms with E-state index in [0.29, 0.717) is 19.5 Å². The van der Waals surface area contributed by atoms with E-state index in [1.807, 2.05) is 25.1 Å². The second-order valence-electron chi connectivity index (χ2n) is 3.62. The highest BCUT2D eigenvalue weighted by atomic mass is 35.5. The van der Waals surface area contributed by atoms with Crippen molar-refractivity contribution in [3.05, 3.63) is 29.3 Å². The molecule has 0 spiro atoms. The largest absolute Gasteiger partial charge is 0.496 e. The molecule has 0 saturated carbocycles. The molecule has 0 aromatic heterocycles. The van der Waals surface area contributed by atoms with Crippen LogP contribution in [0.15, 0.2) is 18.2 Å². The fourth-order valence-electron chi connectivity index (χ4n) is 1.43. The van der Waals surface area contributed by atoms with Crippen LogP contribution < -0.4 is 15.8 Å². The van der Waals surface area contributed by atoms with Crippen molar-refractivity contribution >= 4 is 18.3 Å². The van der Waals surface area contributed by atoms with Crippen molar-refractivity contribution in [1.82, 2.24) is 5.32 Å². The highest BCUT2D eigenvalue weighted by Crippen LogP contribution is 2.19. The maximum absolute atomic E-state index is 11.4. The predicted molar refractivity (Wildman–Crippen MR) is 70.7 cm³/mol. The predicted octanol–water partition coefficient (Wildman–Crippen LogP) is 1.04. The molecular weight excluding hydrogens is 240 g/mol. The summed E-state index contributed by atoms with van der Waals surface area (Å²) in [5.41, 5.74) is 7.31. The molecular formula is C12H19ClN2O2. The average molecular weight is 259 g/mol. The van der Waals surface area contributed by atoms with Crippen molar-refractivity contribution in [3.8, 4) is 5.75 Å². The molecule has 4 nitrogen and oxygen atoms in total. The molecule has 0 fully saturated rings. The maximum Gasteiger partial charge on any atom is 0.224 e. The molecule has 5 heteroatoms. The summed E-state index contributed by atoms with van der Waals surface area (Å²) in [5, 5.41) is 2.73. The first kappa shape index (κ1) is 15.7. The van der Waals surface area contributed by atoms with E-state index in [1.54, 1.807) is 7.11 Å². The second kappa shape index (κ2) is 7.92. The van der Waals surface area contributed by atoms with Gasteiger partial charge in [0.2, 0.25) is 5.91 Å². The number of ether oxygens (including phenoxy) is 1. The molecule has 0 radical (unpaired) electrons. The zero-order valence-corrected chi connectivity index (χ0v) is 11.0. The first-order valence-electron chi connectivity index (χ1n) is 5.27. The summed E-state index contributed by atoms with van der Waals surface area (Å²) in [6, 6.07) is 5.77. The van der Waals surface area contributed by atoms with Gasteiger partial charge in [-0.2, -0.15) is 0 Å². The summed E-state index contributed by atoms with van der Waals surface area (Å²) >= 11 is 0. The van der Waals surface area contributed by atoms with Crippen molar-refractivity contribution in [2.45, 2.75) is 13.3 Å². The summed E-state index contributed by atoms with van der Waals surface area (Å²) in [6.07, 6.45) is 0.358. The van der Waals surface area contributed by atoms with Crippen LogP contribution in [-0.2, 0) is 11.2 Å². The number of hydrogen-bond donors (Lipinski definition) is 2. The molecule has 0 unspecified atom stereocenters. The van der Waals surface area contributed by atoms with Gasteiger partial charge in [-0.3, -0.25) is 4.79 Å². The minimum absolute atomic E-state index is 0. The molecule has 1 aromatic rings. The van der Waals surface area contributed by atoms with Gasteiger partial charge < -0.3 is 15.8 Å². The SMILES string of the molecule is COc1cc(CC(=O)NCCN)ccc1C.Cl. The monoisotopic (exact) mass is 258 g/mol. The summed E-state index contributed by atoms with van der Waals surface area (Å²) in [4.78, 5) is 11.4. The third-order valence-electron chi connectivity index (χ3n) is 2.30. The lowest BCUT2D eigenvalue weighted by atomic mass is 10.1. The van der Waals surface area contributed by atoms with Gasteiger partial charge in [0.15, 0.2) is 0 Å². The fraction of sp³-hybridized carbons (Fsp3) is 0.417. The van der Waals surface area contributed by atoms with Gasteiger partial charge in [-0.1, -0.05) is 12.1 Å². The van der Waals surface area contributed by atoms with Crippen LogP contribution in [-0.4, -0.2) is 26.1 Å². The van der Waals surface area contributed by atoms with Crippen LogP contribution >= 0.6 is 12.4 Å². The third kappa shape index (κ3) is 5.06. The van der Waals surface area contributed by atoms with Gasteiger partial charge in [-0.05, 0) is 24.1 Å². The molecule has 0 heterocycles. The van der Waals surface area contributed by atoms with Gasteiger partial charge in [-0.25, -0.2) is 0 Å². The van der Waals surface area contributed by atoms with Crippen LogP contribution in [0.3, 0.4) is 0 Å². The van der Waals surface area contributed by atoms with E-state index >= 15 is 0 Å². The summed E-state index contributed by atoms with van der Waals surface area (Å²) in [6.45, 7) is 2.95. The van der Waals surface area contributed by atoms with Gasteiger partial charge in [0.05, 0.1) is 13.5 Å². The number of halogens is 1. The Morgan fingerprint density at radius 3 is 2.76 bits per heavy atom. The van der Waals surface area contributed by atoms with Crippen molar-refractivity contribution < 1.29 is 9.53 Å². The van der Waals surface area contributed by atoms with Crippen molar-refractivity contribution in [2.75, 3.05) is 20.2 Å². The Balaban J connectivity index is 0.00000256. The lowest BCUT2D eigenvalue weighted by Gasteiger charge is -2.08. The van der Waals surface area contributed by atoms with Crippen molar-refractivity contribution in [2.24, 2.45) is 5.73 Å². The van der Waals surface area contributed by atoms with E-state index in [2.05, 4.69) is 5.32 Å². The maximum atomic E-state index is 11.4. The van der Waals surface area contributed by atoms with Gasteiger partial charge in [-0.15, -0.1) is 12.4 Å². The molecule has 3 N–H and O–H groups in total. The zero-order valence-electron chi connectivity index (χ0n) is 10.2. The van der Waals surface area contributed by atoms with E-state index in [9.17, 15) is 4.79 Å². The van der Waals surface area contributed by atoms with E-state index in [1.165, 1.54) is 0 Å². The fourth-order valence-corrected chi connectivity index (χ4v) is 1.43. The van der Waals surface area contributed by atoms with Gasteiger partial charge in [0.25, 0.3) is 0 Å². The summed E-state index contributed by atoms with van der Waals surface area (Å²) < 4.78 is 5.20. The lowest BCUT2D eigenvalue weighted by Crippen LogP contribution is -2.30. The summed E-state index contributed by atoms with van der Waals surface area (Å²) in [5.74, 6) is 0.792. The van der Waals surface area contributed by atoms with E-state index in [-0.39, 0.29) is 18.3 Å². The molecule has 0 aliphatic carbocycles. The first-order valence-corrected chi connectivity index (χ1v) is 5.27. The third-order valence-corrected chi connectivity index (χ3v) is 2.30.